The monoisotopic (exact) mass is 763 g/mol. The van der Waals surface area contributed by atoms with Gasteiger partial charge in [0, 0.05) is 27.6 Å². The lowest BCUT2D eigenvalue weighted by Gasteiger charge is -2.42. The van der Waals surface area contributed by atoms with Gasteiger partial charge in [-0.2, -0.15) is 0 Å². The highest BCUT2D eigenvalue weighted by Crippen LogP contribution is 2.56. The fraction of sp³-hybridized carbons (Fsp3) is 0.241. The Morgan fingerprint density at radius 2 is 1.74 bits per heavy atom. The van der Waals surface area contributed by atoms with Gasteiger partial charge in [0.1, 0.15) is 0 Å². The minimum Gasteiger partial charge on any atom is -0.504 e. The number of ketones is 2. The summed E-state index contributed by atoms with van der Waals surface area (Å²) in [7, 11) is 1.45. The summed E-state index contributed by atoms with van der Waals surface area (Å²) in [6.45, 7) is 0. The fourth-order valence-corrected chi connectivity index (χ4v) is 7.68. The van der Waals surface area contributed by atoms with Gasteiger partial charge in [-0.15, -0.1) is 0 Å². The number of Topliss-reactive ketones (excluding diaryl/α,β-unsaturated/α-hetero) is 1. The summed E-state index contributed by atoms with van der Waals surface area (Å²) in [6.07, 6.45) is 3.80. The van der Waals surface area contributed by atoms with Gasteiger partial charge in [0.05, 0.1) is 32.7 Å². The van der Waals surface area contributed by atoms with Crippen molar-refractivity contribution in [3.63, 3.8) is 0 Å². The number of phenolic OH excluding ortho intramolecular Hbond substituents is 1. The van der Waals surface area contributed by atoms with Crippen molar-refractivity contribution in [1.82, 2.24) is 0 Å². The molecule has 3 aliphatic carbocycles. The van der Waals surface area contributed by atoms with Gasteiger partial charge in [-0.3, -0.25) is 24.1 Å². The molecule has 10 heteroatoms. The van der Waals surface area contributed by atoms with Gasteiger partial charge in [-0.1, -0.05) is 27.6 Å². The van der Waals surface area contributed by atoms with Crippen LogP contribution in [0.25, 0.3) is 0 Å². The standard InChI is InChI=1S/C29H20Br2INO6/c1-39-22-9-12(8-20(32)27(22)36)23-15-6-7-16-24(17(15)10-18-25(23)21(34)11-19(31)26(18)35)29(38)33(28(16)37)14-4-2-13(30)3-5-14/h2-6,8-9,11,16-17,23-24,36H,7,10H2,1H3/t16-,17+,23-,24-/m0/s1. The van der Waals surface area contributed by atoms with E-state index in [2.05, 4.69) is 31.9 Å². The van der Waals surface area contributed by atoms with Crippen molar-refractivity contribution in [2.45, 2.75) is 18.8 Å². The highest BCUT2D eigenvalue weighted by molar-refractivity contribution is 14.1. The Labute approximate surface area is 254 Å². The zero-order valence-electron chi connectivity index (χ0n) is 20.4. The molecule has 0 aromatic heterocycles. The molecule has 1 aliphatic heterocycles. The number of methoxy groups -OCH3 is 1. The molecule has 0 unspecified atom stereocenters. The number of imide groups is 1. The third-order valence-corrected chi connectivity index (χ3v) is 9.96. The number of carbonyl (C=O) groups excluding carboxylic acids is 4. The Morgan fingerprint density at radius 3 is 2.44 bits per heavy atom. The van der Waals surface area contributed by atoms with Crippen molar-refractivity contribution >= 4 is 83.5 Å². The molecule has 6 rings (SSSR count). The molecule has 1 N–H and O–H groups in total. The van der Waals surface area contributed by atoms with Crippen molar-refractivity contribution in [2.75, 3.05) is 12.0 Å². The van der Waals surface area contributed by atoms with E-state index in [9.17, 15) is 24.3 Å². The zero-order valence-corrected chi connectivity index (χ0v) is 25.7. The van der Waals surface area contributed by atoms with Crippen molar-refractivity contribution in [1.29, 1.82) is 0 Å². The third kappa shape index (κ3) is 4.09. The average Bonchev–Trinajstić information content (AvgIpc) is 3.18. The lowest BCUT2D eigenvalue weighted by atomic mass is 9.59. The number of amides is 2. The molecule has 1 fully saturated rings. The number of aromatic hydroxyl groups is 1. The van der Waals surface area contributed by atoms with Crippen LogP contribution in [0.5, 0.6) is 11.5 Å². The molecular weight excluding hydrogens is 745 g/mol. The van der Waals surface area contributed by atoms with E-state index in [1.165, 1.54) is 18.1 Å². The zero-order chi connectivity index (χ0) is 27.7. The van der Waals surface area contributed by atoms with Crippen LogP contribution in [0.2, 0.25) is 0 Å². The maximum absolute atomic E-state index is 13.9. The topological polar surface area (TPSA) is 101 Å². The average molecular weight is 765 g/mol. The minimum absolute atomic E-state index is 0.0171. The second-order valence-electron chi connectivity index (χ2n) is 9.94. The van der Waals surface area contributed by atoms with Crippen molar-refractivity contribution < 1.29 is 29.0 Å². The van der Waals surface area contributed by atoms with Gasteiger partial charge in [-0.25, -0.2) is 0 Å². The number of fused-ring (bicyclic) bond motifs is 3. The number of ether oxygens (including phenoxy) is 1. The van der Waals surface area contributed by atoms with Gasteiger partial charge in [0.2, 0.25) is 11.8 Å². The van der Waals surface area contributed by atoms with E-state index in [1.54, 1.807) is 36.4 Å². The number of benzene rings is 2. The molecule has 4 atom stereocenters. The van der Waals surface area contributed by atoms with Crippen molar-refractivity contribution in [2.24, 2.45) is 17.8 Å². The summed E-state index contributed by atoms with van der Waals surface area (Å²) in [5, 5.41) is 10.5. The fourth-order valence-electron chi connectivity index (χ4n) is 6.35. The molecule has 4 aliphatic rings. The molecule has 2 amide bonds. The predicted octanol–water partition coefficient (Wildman–Crippen LogP) is 5.73. The molecule has 0 radical (unpaired) electrons. The lowest BCUT2D eigenvalue weighted by Crippen LogP contribution is -2.39. The molecule has 0 bridgehead atoms. The summed E-state index contributed by atoms with van der Waals surface area (Å²) in [5.41, 5.74) is 2.74. The van der Waals surface area contributed by atoms with E-state index in [0.29, 0.717) is 32.4 Å². The Bertz CT molecular complexity index is 1590. The van der Waals surface area contributed by atoms with E-state index in [4.69, 9.17) is 4.74 Å². The predicted molar refractivity (Wildman–Crippen MR) is 159 cm³/mol. The van der Waals surface area contributed by atoms with Gasteiger partial charge in [-0.05, 0) is 99.2 Å². The first kappa shape index (κ1) is 26.6. The van der Waals surface area contributed by atoms with Crippen LogP contribution in [0.1, 0.15) is 24.3 Å². The molecule has 7 nitrogen and oxygen atoms in total. The molecule has 1 heterocycles. The van der Waals surface area contributed by atoms with E-state index < -0.39 is 23.7 Å². The van der Waals surface area contributed by atoms with Crippen LogP contribution < -0.4 is 9.64 Å². The van der Waals surface area contributed by atoms with E-state index >= 15 is 0 Å². The Kier molecular flexibility index (Phi) is 6.70. The van der Waals surface area contributed by atoms with Gasteiger partial charge in [0.15, 0.2) is 23.1 Å². The number of anilines is 1. The SMILES string of the molecule is COc1cc([C@H]2C3=CC[C@@H]4C(=O)N(c5ccc(Br)cc5)C(=O)[C@@H]4[C@@H]3CC3=C2C(=O)C=C(Br)C3=O)cc(I)c1O. The Balaban J connectivity index is 1.51. The van der Waals surface area contributed by atoms with Crippen molar-refractivity contribution in [3.8, 4) is 11.5 Å². The number of hydrogen-bond donors (Lipinski definition) is 1. The summed E-state index contributed by atoms with van der Waals surface area (Å²) in [5.74, 6) is -3.19. The van der Waals surface area contributed by atoms with Gasteiger partial charge < -0.3 is 9.84 Å². The van der Waals surface area contributed by atoms with Crippen LogP contribution >= 0.6 is 54.5 Å². The first-order valence-electron chi connectivity index (χ1n) is 12.2. The largest absolute Gasteiger partial charge is 0.504 e. The first-order valence-corrected chi connectivity index (χ1v) is 14.9. The van der Waals surface area contributed by atoms with E-state index in [1.807, 2.05) is 28.7 Å². The summed E-state index contributed by atoms with van der Waals surface area (Å²) in [6, 6.07) is 10.5. The number of nitrogens with zero attached hydrogens (tertiary/aromatic N) is 1. The minimum atomic E-state index is -0.664. The number of allylic oxidation sites excluding steroid dienone is 6. The number of phenols is 1. The maximum atomic E-state index is 13.9. The second kappa shape index (κ2) is 9.81. The summed E-state index contributed by atoms with van der Waals surface area (Å²) >= 11 is 8.63. The maximum Gasteiger partial charge on any atom is 0.238 e. The Hall–Kier alpha value is -2.57. The highest BCUT2D eigenvalue weighted by atomic mass is 127. The summed E-state index contributed by atoms with van der Waals surface area (Å²) < 4.78 is 6.93. The van der Waals surface area contributed by atoms with Gasteiger partial charge >= 0.3 is 0 Å². The van der Waals surface area contributed by atoms with Crippen LogP contribution in [-0.2, 0) is 19.2 Å². The van der Waals surface area contributed by atoms with Crippen molar-refractivity contribution in [3.05, 3.63) is 83.4 Å². The molecule has 1 saturated heterocycles. The number of carbonyl (C=O) groups is 4. The highest BCUT2D eigenvalue weighted by Gasteiger charge is 2.56. The second-order valence-corrected chi connectivity index (χ2v) is 12.9. The Morgan fingerprint density at radius 1 is 1.03 bits per heavy atom. The number of rotatable bonds is 3. The number of halogens is 3. The lowest BCUT2D eigenvalue weighted by molar-refractivity contribution is -0.123. The molecule has 39 heavy (non-hydrogen) atoms. The third-order valence-electron chi connectivity index (χ3n) is 8.02. The van der Waals surface area contributed by atoms with E-state index in [-0.39, 0.29) is 45.8 Å². The van der Waals surface area contributed by atoms with Crippen LogP contribution in [0.4, 0.5) is 5.69 Å². The van der Waals surface area contributed by atoms with Crippen LogP contribution in [0, 0.1) is 21.3 Å². The number of hydrogen-bond acceptors (Lipinski definition) is 6. The molecular formula is C29H20Br2INO6. The molecule has 2 aromatic rings. The van der Waals surface area contributed by atoms with Crippen LogP contribution in [0.15, 0.2) is 74.2 Å². The molecule has 198 valence electrons. The molecule has 2 aromatic carbocycles. The molecule has 0 saturated carbocycles. The van der Waals surface area contributed by atoms with Crippen LogP contribution in [-0.4, -0.2) is 35.6 Å². The van der Waals surface area contributed by atoms with Gasteiger partial charge in [0.25, 0.3) is 0 Å². The van der Waals surface area contributed by atoms with Crippen LogP contribution in [0.3, 0.4) is 0 Å². The smallest absolute Gasteiger partial charge is 0.238 e. The quantitative estimate of drug-likeness (QED) is 0.186. The first-order chi connectivity index (χ1) is 18.6. The van der Waals surface area contributed by atoms with E-state index in [0.717, 1.165) is 10.0 Å². The molecule has 0 spiro atoms. The normalized spacial score (nSPS) is 26.2. The summed E-state index contributed by atoms with van der Waals surface area (Å²) in [4.78, 5) is 55.5.